The molecule has 0 bridgehead atoms. The van der Waals surface area contributed by atoms with Gasteiger partial charge in [0.25, 0.3) is 0 Å². The number of benzene rings is 9. The highest BCUT2D eigenvalue weighted by atomic mass is 14.4. The van der Waals surface area contributed by atoms with Crippen LogP contribution in [-0.2, 0) is 5.41 Å². The Bertz CT molecular complexity index is 2780. The first-order valence-electron chi connectivity index (χ1n) is 17.9. The molecular weight excluding hydrogens is 613 g/mol. The van der Waals surface area contributed by atoms with Crippen LogP contribution in [0.5, 0.6) is 0 Å². The van der Waals surface area contributed by atoms with Crippen LogP contribution in [0.1, 0.15) is 25.0 Å². The molecule has 0 heteroatoms. The van der Waals surface area contributed by atoms with Crippen LogP contribution in [0.4, 0.5) is 0 Å². The molecule has 0 spiro atoms. The summed E-state index contributed by atoms with van der Waals surface area (Å²) in [7, 11) is 0. The third kappa shape index (κ3) is 4.53. The first-order valence-corrected chi connectivity index (χ1v) is 17.9. The first kappa shape index (κ1) is 29.7. The van der Waals surface area contributed by atoms with E-state index in [4.69, 9.17) is 0 Å². The van der Waals surface area contributed by atoms with Gasteiger partial charge in [0.05, 0.1) is 0 Å². The Hall–Kier alpha value is -6.24. The predicted molar refractivity (Wildman–Crippen MR) is 218 cm³/mol. The van der Waals surface area contributed by atoms with Gasteiger partial charge in [0.1, 0.15) is 0 Å². The van der Waals surface area contributed by atoms with Crippen LogP contribution in [0.3, 0.4) is 0 Å². The fourth-order valence-corrected chi connectivity index (χ4v) is 8.91. The van der Waals surface area contributed by atoms with Crippen LogP contribution < -0.4 is 0 Å². The third-order valence-electron chi connectivity index (χ3n) is 11.2. The zero-order valence-corrected chi connectivity index (χ0v) is 28.8. The number of fused-ring (bicyclic) bond motifs is 7. The van der Waals surface area contributed by atoms with Gasteiger partial charge in [0.2, 0.25) is 0 Å². The predicted octanol–water partition coefficient (Wildman–Crippen LogP) is 14.1. The Morgan fingerprint density at radius 1 is 0.333 bits per heavy atom. The maximum Gasteiger partial charge on any atom is 0.0165 e. The smallest absolute Gasteiger partial charge is 0.0165 e. The largest absolute Gasteiger partial charge is 0.0622 e. The van der Waals surface area contributed by atoms with Gasteiger partial charge in [-0.2, -0.15) is 0 Å². The Balaban J connectivity index is 1.32. The molecule has 0 heterocycles. The van der Waals surface area contributed by atoms with Gasteiger partial charge in [-0.25, -0.2) is 0 Å². The van der Waals surface area contributed by atoms with Crippen molar-refractivity contribution in [3.8, 4) is 55.6 Å². The molecular formula is C51H36. The van der Waals surface area contributed by atoms with E-state index in [2.05, 4.69) is 196 Å². The van der Waals surface area contributed by atoms with Crippen molar-refractivity contribution in [2.75, 3.05) is 0 Å². The lowest BCUT2D eigenvalue weighted by Crippen LogP contribution is -2.16. The van der Waals surface area contributed by atoms with Gasteiger partial charge >= 0.3 is 0 Å². The molecule has 10 rings (SSSR count). The second kappa shape index (κ2) is 11.4. The minimum Gasteiger partial charge on any atom is -0.0622 e. The average molecular weight is 649 g/mol. The minimum atomic E-state index is -0.165. The first-order chi connectivity index (χ1) is 25.1. The van der Waals surface area contributed by atoms with E-state index in [1.165, 1.54) is 99.1 Å². The van der Waals surface area contributed by atoms with Gasteiger partial charge in [-0.15, -0.1) is 0 Å². The van der Waals surface area contributed by atoms with Gasteiger partial charge < -0.3 is 0 Å². The highest BCUT2D eigenvalue weighted by Gasteiger charge is 2.38. The lowest BCUT2D eigenvalue weighted by molar-refractivity contribution is 0.666. The second-order valence-electron chi connectivity index (χ2n) is 14.4. The zero-order chi connectivity index (χ0) is 34.1. The van der Waals surface area contributed by atoms with E-state index < -0.39 is 0 Å². The van der Waals surface area contributed by atoms with E-state index in [1.54, 1.807) is 0 Å². The van der Waals surface area contributed by atoms with Crippen molar-refractivity contribution in [1.82, 2.24) is 0 Å². The zero-order valence-electron chi connectivity index (χ0n) is 28.8. The third-order valence-corrected chi connectivity index (χ3v) is 11.2. The summed E-state index contributed by atoms with van der Waals surface area (Å²) in [5.41, 5.74) is 15.4. The Morgan fingerprint density at radius 3 is 1.73 bits per heavy atom. The summed E-state index contributed by atoms with van der Waals surface area (Å²) < 4.78 is 0. The average Bonchev–Trinajstić information content (AvgIpc) is 3.43. The minimum absolute atomic E-state index is 0.165. The van der Waals surface area contributed by atoms with Gasteiger partial charge in [0.15, 0.2) is 0 Å². The van der Waals surface area contributed by atoms with Crippen molar-refractivity contribution in [3.63, 3.8) is 0 Å². The monoisotopic (exact) mass is 648 g/mol. The maximum atomic E-state index is 2.43. The molecule has 0 saturated heterocycles. The molecule has 0 fully saturated rings. The highest BCUT2D eigenvalue weighted by Crippen LogP contribution is 2.56. The van der Waals surface area contributed by atoms with Gasteiger partial charge in [-0.1, -0.05) is 190 Å². The molecule has 1 aliphatic carbocycles. The Morgan fingerprint density at radius 2 is 0.922 bits per heavy atom. The van der Waals surface area contributed by atoms with Crippen LogP contribution >= 0.6 is 0 Å². The molecule has 0 radical (unpaired) electrons. The summed E-state index contributed by atoms with van der Waals surface area (Å²) in [5, 5.41) is 7.74. The van der Waals surface area contributed by atoms with Crippen LogP contribution in [0, 0.1) is 0 Å². The van der Waals surface area contributed by atoms with Gasteiger partial charge in [0, 0.05) is 5.41 Å². The van der Waals surface area contributed by atoms with E-state index in [1.807, 2.05) is 0 Å². The highest BCUT2D eigenvalue weighted by molar-refractivity contribution is 6.24. The van der Waals surface area contributed by atoms with Crippen molar-refractivity contribution >= 4 is 32.3 Å². The molecule has 0 N–H and O–H groups in total. The van der Waals surface area contributed by atoms with E-state index >= 15 is 0 Å². The molecule has 9 aromatic rings. The molecule has 0 aromatic heterocycles. The molecule has 0 nitrogen and oxygen atoms in total. The van der Waals surface area contributed by atoms with Crippen molar-refractivity contribution in [3.05, 3.63) is 193 Å². The second-order valence-corrected chi connectivity index (χ2v) is 14.4. The van der Waals surface area contributed by atoms with Crippen molar-refractivity contribution in [2.45, 2.75) is 19.3 Å². The molecule has 0 atom stereocenters. The summed E-state index contributed by atoms with van der Waals surface area (Å²) in [6.45, 7) is 4.82. The fourth-order valence-electron chi connectivity index (χ4n) is 8.91. The van der Waals surface area contributed by atoms with E-state index in [0.29, 0.717) is 0 Å². The van der Waals surface area contributed by atoms with Crippen molar-refractivity contribution in [2.24, 2.45) is 0 Å². The summed E-state index contributed by atoms with van der Waals surface area (Å²) >= 11 is 0. The molecule has 240 valence electrons. The van der Waals surface area contributed by atoms with Crippen molar-refractivity contribution < 1.29 is 0 Å². The van der Waals surface area contributed by atoms with Crippen molar-refractivity contribution in [1.29, 1.82) is 0 Å². The van der Waals surface area contributed by atoms with Gasteiger partial charge in [-0.3, -0.25) is 0 Å². The summed E-state index contributed by atoms with van der Waals surface area (Å²) in [6.07, 6.45) is 0. The fraction of sp³-hybridized carbons (Fsp3) is 0.0588. The van der Waals surface area contributed by atoms with Crippen LogP contribution in [0.25, 0.3) is 88.0 Å². The summed E-state index contributed by atoms with van der Waals surface area (Å²) in [5.74, 6) is 0. The standard InChI is InChI=1S/C51H36/c1-51(2)46-23-12-11-21-41(46)43-30-31-44-47(37-26-24-35(25-27-37)40-22-13-19-34-16-9-10-20-39(34)40)45-32-38(33-14-5-3-6-15-33)28-29-42(45)48(49(44)50(43)51)36-17-7-4-8-18-36/h3-32H,1-2H3. The molecule has 0 aliphatic heterocycles. The number of hydrogen-bond acceptors (Lipinski definition) is 0. The SMILES string of the molecule is CC1(C)c2ccccc2-c2ccc3c(-c4ccc(-c5cccc6ccccc56)cc4)c4cc(-c5ccccc5)ccc4c(-c4ccccc4)c3c21. The van der Waals surface area contributed by atoms with Crippen LogP contribution in [-0.4, -0.2) is 0 Å². The number of hydrogen-bond donors (Lipinski definition) is 0. The maximum absolute atomic E-state index is 2.43. The molecule has 0 amide bonds. The lowest BCUT2D eigenvalue weighted by atomic mass is 9.76. The molecule has 9 aromatic carbocycles. The van der Waals surface area contributed by atoms with E-state index in [9.17, 15) is 0 Å². The summed E-state index contributed by atoms with van der Waals surface area (Å²) in [6, 6.07) is 67.3. The van der Waals surface area contributed by atoms with E-state index in [0.717, 1.165) is 0 Å². The molecule has 51 heavy (non-hydrogen) atoms. The summed E-state index contributed by atoms with van der Waals surface area (Å²) in [4.78, 5) is 0. The molecule has 0 saturated carbocycles. The van der Waals surface area contributed by atoms with Crippen LogP contribution in [0.2, 0.25) is 0 Å². The van der Waals surface area contributed by atoms with Crippen LogP contribution in [0.15, 0.2) is 182 Å². The topological polar surface area (TPSA) is 0 Å². The molecule has 1 aliphatic rings. The Kier molecular flexibility index (Phi) is 6.63. The molecule has 0 unspecified atom stereocenters. The number of rotatable bonds is 4. The normalized spacial score (nSPS) is 13.1. The Labute approximate surface area is 299 Å². The van der Waals surface area contributed by atoms with E-state index in [-0.39, 0.29) is 5.41 Å². The lowest BCUT2D eigenvalue weighted by Gasteiger charge is -2.27. The quantitative estimate of drug-likeness (QED) is 0.167. The van der Waals surface area contributed by atoms with Gasteiger partial charge in [-0.05, 0) is 105 Å².